The predicted octanol–water partition coefficient (Wildman–Crippen LogP) is 3.65. The Bertz CT molecular complexity index is 903. The molecule has 2 heterocycles. The Morgan fingerprint density at radius 2 is 1.91 bits per heavy atom. The van der Waals surface area contributed by atoms with Gasteiger partial charge in [-0.1, -0.05) is 44.2 Å². The molecule has 0 atom stereocenters. The maximum absolute atomic E-state index is 12.8. The number of nitrogens with one attached hydrogen (secondary N) is 1. The average Bonchev–Trinajstić information content (AvgIpc) is 3.15. The van der Waals surface area contributed by atoms with Crippen LogP contribution in [0.5, 0.6) is 0 Å². The van der Waals surface area contributed by atoms with Crippen molar-refractivity contribution in [3.05, 3.63) is 53.3 Å². The first-order chi connectivity index (χ1) is 15.4. The molecule has 0 spiro atoms. The molecule has 8 heteroatoms. The number of hydrogen-bond donors (Lipinski definition) is 1. The van der Waals surface area contributed by atoms with E-state index in [0.717, 1.165) is 44.0 Å². The summed E-state index contributed by atoms with van der Waals surface area (Å²) in [7, 11) is 5.70. The number of benzene rings is 1. The third kappa shape index (κ3) is 7.72. The van der Waals surface area contributed by atoms with Crippen molar-refractivity contribution in [3.8, 4) is 0 Å². The number of guanidine groups is 1. The maximum atomic E-state index is 12.8. The largest absolute Gasteiger partial charge is 0.347 e. The molecule has 1 aliphatic heterocycles. The molecular formula is C25H39IN6O. The van der Waals surface area contributed by atoms with Crippen LogP contribution in [-0.2, 0) is 24.8 Å². The first-order valence-electron chi connectivity index (χ1n) is 11.6. The van der Waals surface area contributed by atoms with Crippen LogP contribution in [0.4, 0.5) is 0 Å². The normalized spacial score (nSPS) is 14.8. The second kappa shape index (κ2) is 13.0. The number of carbonyl (C=O) groups is 1. The van der Waals surface area contributed by atoms with Crippen LogP contribution in [0.2, 0.25) is 0 Å². The number of hydrogen-bond acceptors (Lipinski definition) is 3. The van der Waals surface area contributed by atoms with E-state index in [-0.39, 0.29) is 36.4 Å². The summed E-state index contributed by atoms with van der Waals surface area (Å²) in [4.78, 5) is 21.2. The van der Waals surface area contributed by atoms with Gasteiger partial charge in [0.2, 0.25) is 5.91 Å². The van der Waals surface area contributed by atoms with Gasteiger partial charge in [0.1, 0.15) is 0 Å². The van der Waals surface area contributed by atoms with Gasteiger partial charge in [-0.25, -0.2) is 0 Å². The topological polar surface area (TPSA) is 65.8 Å². The summed E-state index contributed by atoms with van der Waals surface area (Å²) in [6.07, 6.45) is 5.29. The molecule has 7 nitrogen and oxygen atoms in total. The summed E-state index contributed by atoms with van der Waals surface area (Å²) in [5, 5.41) is 7.84. The molecule has 33 heavy (non-hydrogen) atoms. The number of aromatic nitrogens is 2. The highest BCUT2D eigenvalue weighted by Crippen LogP contribution is 2.22. The zero-order chi connectivity index (χ0) is 23.1. The van der Waals surface area contributed by atoms with Crippen LogP contribution in [0.3, 0.4) is 0 Å². The van der Waals surface area contributed by atoms with Gasteiger partial charge in [-0.2, -0.15) is 5.10 Å². The molecule has 1 amide bonds. The van der Waals surface area contributed by atoms with Gasteiger partial charge in [-0.3, -0.25) is 14.5 Å². The molecule has 0 radical (unpaired) electrons. The van der Waals surface area contributed by atoms with Crippen molar-refractivity contribution >= 4 is 35.8 Å². The van der Waals surface area contributed by atoms with Crippen LogP contribution in [0.25, 0.3) is 0 Å². The second-order valence-electron chi connectivity index (χ2n) is 9.14. The van der Waals surface area contributed by atoms with Crippen molar-refractivity contribution in [3.63, 3.8) is 0 Å². The third-order valence-electron chi connectivity index (χ3n) is 6.20. The predicted molar refractivity (Wildman–Crippen MR) is 145 cm³/mol. The van der Waals surface area contributed by atoms with Crippen LogP contribution in [0, 0.1) is 5.92 Å². The molecule has 1 fully saturated rings. The van der Waals surface area contributed by atoms with E-state index < -0.39 is 0 Å². The zero-order valence-corrected chi connectivity index (χ0v) is 23.0. The molecule has 182 valence electrons. The molecule has 3 rings (SSSR count). The Hall–Kier alpha value is -2.10. The van der Waals surface area contributed by atoms with Crippen molar-refractivity contribution in [2.45, 2.75) is 45.6 Å². The van der Waals surface area contributed by atoms with Gasteiger partial charge in [-0.05, 0) is 36.7 Å². The Balaban J connectivity index is 0.00000385. The molecule has 1 aliphatic rings. The Kier molecular flexibility index (Phi) is 10.7. The second-order valence-corrected chi connectivity index (χ2v) is 9.14. The highest BCUT2D eigenvalue weighted by Gasteiger charge is 2.23. The zero-order valence-electron chi connectivity index (χ0n) is 20.6. The fourth-order valence-electron chi connectivity index (χ4n) is 4.48. The number of rotatable bonds is 7. The van der Waals surface area contributed by atoms with Gasteiger partial charge in [0.25, 0.3) is 0 Å². The van der Waals surface area contributed by atoms with Crippen molar-refractivity contribution in [1.82, 2.24) is 24.9 Å². The number of aliphatic imine (C=N–C) groups is 1. The van der Waals surface area contributed by atoms with Gasteiger partial charge < -0.3 is 15.1 Å². The van der Waals surface area contributed by atoms with E-state index in [1.165, 1.54) is 11.1 Å². The minimum Gasteiger partial charge on any atom is -0.347 e. The Labute approximate surface area is 215 Å². The lowest BCUT2D eigenvalue weighted by Gasteiger charge is -2.32. The summed E-state index contributed by atoms with van der Waals surface area (Å²) >= 11 is 0. The number of aryl methyl sites for hydroxylation is 1. The molecule has 1 aromatic carbocycles. The third-order valence-corrected chi connectivity index (χ3v) is 6.20. The molecule has 0 saturated carbocycles. The number of nitrogens with zero attached hydrogens (tertiary/aromatic N) is 5. The number of carbonyl (C=O) groups excluding carboxylic acids is 1. The molecule has 0 bridgehead atoms. The van der Waals surface area contributed by atoms with Crippen LogP contribution >= 0.6 is 24.0 Å². The molecule has 0 unspecified atom stereocenters. The fraction of sp³-hybridized carbons (Fsp3) is 0.560. The van der Waals surface area contributed by atoms with E-state index in [1.807, 2.05) is 28.6 Å². The Morgan fingerprint density at radius 3 is 2.52 bits per heavy atom. The van der Waals surface area contributed by atoms with E-state index in [1.54, 1.807) is 7.05 Å². The van der Waals surface area contributed by atoms with Gasteiger partial charge in [0.15, 0.2) is 5.96 Å². The summed E-state index contributed by atoms with van der Waals surface area (Å²) in [6, 6.07) is 10.6. The number of piperidine rings is 1. The van der Waals surface area contributed by atoms with Gasteiger partial charge >= 0.3 is 0 Å². The smallest absolute Gasteiger partial charge is 0.241 e. The summed E-state index contributed by atoms with van der Waals surface area (Å²) < 4.78 is 1.86. The number of halogens is 1. The van der Waals surface area contributed by atoms with Gasteiger partial charge in [0, 0.05) is 52.5 Å². The fourth-order valence-corrected chi connectivity index (χ4v) is 4.48. The lowest BCUT2D eigenvalue weighted by atomic mass is 9.90. The minimum atomic E-state index is 0. The van der Waals surface area contributed by atoms with Crippen LogP contribution in [-0.4, -0.2) is 65.2 Å². The van der Waals surface area contributed by atoms with Gasteiger partial charge in [-0.15, -0.1) is 24.0 Å². The number of likely N-dealkylation sites (tertiary alicyclic amines) is 1. The van der Waals surface area contributed by atoms with Crippen molar-refractivity contribution < 1.29 is 4.79 Å². The lowest BCUT2D eigenvalue weighted by molar-refractivity contribution is -0.131. The van der Waals surface area contributed by atoms with E-state index in [9.17, 15) is 4.79 Å². The van der Waals surface area contributed by atoms with E-state index in [4.69, 9.17) is 0 Å². The first kappa shape index (κ1) is 27.1. The SMILES string of the molecule is CN=C(NCC(=O)N1CCC(Cc2ccccc2)CC1)N(C)Cc1cn(C)nc1C(C)C.I. The van der Waals surface area contributed by atoms with Gasteiger partial charge in [0.05, 0.1) is 12.2 Å². The monoisotopic (exact) mass is 566 g/mol. The van der Waals surface area contributed by atoms with Crippen molar-refractivity contribution in [2.75, 3.05) is 33.7 Å². The van der Waals surface area contributed by atoms with E-state index in [2.05, 4.69) is 65.8 Å². The van der Waals surface area contributed by atoms with Crippen LogP contribution in [0.1, 0.15) is 49.4 Å². The van der Waals surface area contributed by atoms with Crippen molar-refractivity contribution in [1.29, 1.82) is 0 Å². The van der Waals surface area contributed by atoms with E-state index >= 15 is 0 Å². The molecule has 0 aliphatic carbocycles. The number of amides is 1. The lowest BCUT2D eigenvalue weighted by Crippen LogP contribution is -2.47. The first-order valence-corrected chi connectivity index (χ1v) is 11.6. The molecule has 1 saturated heterocycles. The molecule has 2 aromatic rings. The van der Waals surface area contributed by atoms with Crippen molar-refractivity contribution in [2.24, 2.45) is 18.0 Å². The maximum Gasteiger partial charge on any atom is 0.241 e. The molecular weight excluding hydrogens is 527 g/mol. The van der Waals surface area contributed by atoms with Crippen LogP contribution < -0.4 is 5.32 Å². The summed E-state index contributed by atoms with van der Waals surface area (Å²) in [6.45, 7) is 6.94. The minimum absolute atomic E-state index is 0. The highest BCUT2D eigenvalue weighted by atomic mass is 127. The average molecular weight is 567 g/mol. The molecule has 1 aromatic heterocycles. The summed E-state index contributed by atoms with van der Waals surface area (Å²) in [5.41, 5.74) is 3.67. The van der Waals surface area contributed by atoms with Crippen LogP contribution in [0.15, 0.2) is 41.5 Å². The molecule has 1 N–H and O–H groups in total. The standard InChI is InChI=1S/C25H38N6O.HI/c1-19(2)24-22(18-30(5)28-24)17-29(4)25(26-3)27-16-23(32)31-13-11-21(12-14-31)15-20-9-7-6-8-10-20;/h6-10,18-19,21H,11-17H2,1-5H3,(H,26,27);1H. The quantitative estimate of drug-likeness (QED) is 0.316. The van der Waals surface area contributed by atoms with E-state index in [0.29, 0.717) is 18.4 Å². The Morgan fingerprint density at radius 1 is 1.24 bits per heavy atom. The highest BCUT2D eigenvalue weighted by molar-refractivity contribution is 14.0. The summed E-state index contributed by atoms with van der Waals surface area (Å²) in [5.74, 6) is 1.88.